The molecule has 2 saturated heterocycles. The fourth-order valence-electron chi connectivity index (χ4n) is 3.80. The van der Waals surface area contributed by atoms with Gasteiger partial charge in [0, 0.05) is 26.2 Å². The van der Waals surface area contributed by atoms with Gasteiger partial charge in [0.15, 0.2) is 0 Å². The standard InChI is InChI=1S/C16H28N2O3/c1-3-7-16(14(19)20)8-5-9-18(12-16)15(21)17-10-6-13(4-2)11-17/h13H,3-12H2,1-2H3,(H,19,20). The number of piperidine rings is 1. The van der Waals surface area contributed by atoms with Crippen LogP contribution in [0, 0.1) is 11.3 Å². The first kappa shape index (κ1) is 16.1. The van der Waals surface area contributed by atoms with E-state index < -0.39 is 11.4 Å². The molecule has 2 amide bonds. The number of urea groups is 1. The van der Waals surface area contributed by atoms with Crippen molar-refractivity contribution in [3.05, 3.63) is 0 Å². The molecule has 2 aliphatic rings. The van der Waals surface area contributed by atoms with Gasteiger partial charge in [-0.3, -0.25) is 4.79 Å². The lowest BCUT2D eigenvalue weighted by atomic mass is 9.76. The Labute approximate surface area is 127 Å². The molecule has 2 rings (SSSR count). The monoisotopic (exact) mass is 296 g/mol. The summed E-state index contributed by atoms with van der Waals surface area (Å²) in [6, 6.07) is 0.0485. The second-order valence-electron chi connectivity index (χ2n) is 6.65. The van der Waals surface area contributed by atoms with Gasteiger partial charge in [-0.25, -0.2) is 4.79 Å². The Morgan fingerprint density at radius 2 is 2.00 bits per heavy atom. The summed E-state index contributed by atoms with van der Waals surface area (Å²) < 4.78 is 0. The molecular formula is C16H28N2O3. The van der Waals surface area contributed by atoms with Crippen molar-refractivity contribution in [1.82, 2.24) is 9.80 Å². The minimum atomic E-state index is -0.741. The van der Waals surface area contributed by atoms with Crippen LogP contribution in [-0.2, 0) is 4.79 Å². The molecule has 0 aromatic heterocycles. The lowest BCUT2D eigenvalue weighted by Crippen LogP contribution is -2.53. The van der Waals surface area contributed by atoms with E-state index in [1.807, 2.05) is 11.8 Å². The first-order valence-electron chi connectivity index (χ1n) is 8.29. The Morgan fingerprint density at radius 1 is 1.24 bits per heavy atom. The highest BCUT2D eigenvalue weighted by molar-refractivity contribution is 5.79. The highest BCUT2D eigenvalue weighted by Crippen LogP contribution is 2.35. The zero-order valence-electron chi connectivity index (χ0n) is 13.3. The van der Waals surface area contributed by atoms with Crippen molar-refractivity contribution >= 4 is 12.0 Å². The molecule has 5 heteroatoms. The van der Waals surface area contributed by atoms with Crippen molar-refractivity contribution in [2.75, 3.05) is 26.2 Å². The maximum absolute atomic E-state index is 12.6. The van der Waals surface area contributed by atoms with E-state index in [2.05, 4.69) is 6.92 Å². The summed E-state index contributed by atoms with van der Waals surface area (Å²) in [5.74, 6) is -0.131. The van der Waals surface area contributed by atoms with Crippen molar-refractivity contribution in [2.24, 2.45) is 11.3 Å². The Hall–Kier alpha value is -1.26. The molecule has 0 spiro atoms. The van der Waals surface area contributed by atoms with Crippen LogP contribution in [0.25, 0.3) is 0 Å². The van der Waals surface area contributed by atoms with Gasteiger partial charge in [-0.2, -0.15) is 0 Å². The van der Waals surface area contributed by atoms with E-state index in [1.165, 1.54) is 0 Å². The molecule has 0 aliphatic carbocycles. The van der Waals surface area contributed by atoms with Gasteiger partial charge in [0.1, 0.15) is 0 Å². The summed E-state index contributed by atoms with van der Waals surface area (Å²) in [5.41, 5.74) is -0.730. The van der Waals surface area contributed by atoms with Crippen LogP contribution in [0.15, 0.2) is 0 Å². The van der Waals surface area contributed by atoms with E-state index >= 15 is 0 Å². The van der Waals surface area contributed by atoms with Crippen molar-refractivity contribution in [3.63, 3.8) is 0 Å². The topological polar surface area (TPSA) is 60.9 Å². The fourth-order valence-corrected chi connectivity index (χ4v) is 3.80. The number of carboxylic acids is 1. The zero-order valence-corrected chi connectivity index (χ0v) is 13.3. The molecule has 2 fully saturated rings. The summed E-state index contributed by atoms with van der Waals surface area (Å²) in [4.78, 5) is 28.0. The van der Waals surface area contributed by atoms with Crippen LogP contribution < -0.4 is 0 Å². The predicted molar refractivity (Wildman–Crippen MR) is 81.2 cm³/mol. The number of carbonyl (C=O) groups is 2. The summed E-state index contributed by atoms with van der Waals surface area (Å²) in [5, 5.41) is 9.61. The molecule has 0 radical (unpaired) electrons. The Bertz CT molecular complexity index is 395. The van der Waals surface area contributed by atoms with E-state index in [0.717, 1.165) is 38.8 Å². The minimum Gasteiger partial charge on any atom is -0.481 e. The molecule has 2 heterocycles. The largest absolute Gasteiger partial charge is 0.481 e. The van der Waals surface area contributed by atoms with E-state index in [0.29, 0.717) is 31.8 Å². The maximum atomic E-state index is 12.6. The number of amides is 2. The van der Waals surface area contributed by atoms with Crippen LogP contribution in [0.2, 0.25) is 0 Å². The quantitative estimate of drug-likeness (QED) is 0.867. The van der Waals surface area contributed by atoms with Gasteiger partial charge in [0.05, 0.1) is 5.41 Å². The van der Waals surface area contributed by atoms with Crippen LogP contribution in [0.1, 0.15) is 52.4 Å². The molecule has 2 unspecified atom stereocenters. The first-order valence-corrected chi connectivity index (χ1v) is 8.29. The Morgan fingerprint density at radius 3 is 2.57 bits per heavy atom. The van der Waals surface area contributed by atoms with Gasteiger partial charge < -0.3 is 14.9 Å². The smallest absolute Gasteiger partial charge is 0.320 e. The van der Waals surface area contributed by atoms with E-state index in [4.69, 9.17) is 0 Å². The molecule has 0 aromatic carbocycles. The highest BCUT2D eigenvalue weighted by Gasteiger charge is 2.43. The lowest BCUT2D eigenvalue weighted by Gasteiger charge is -2.41. The first-order chi connectivity index (χ1) is 10.0. The number of rotatable bonds is 4. The van der Waals surface area contributed by atoms with Crippen molar-refractivity contribution in [3.8, 4) is 0 Å². The van der Waals surface area contributed by atoms with Crippen molar-refractivity contribution < 1.29 is 14.7 Å². The number of carbonyl (C=O) groups excluding carboxylic acids is 1. The Balaban J connectivity index is 2.03. The van der Waals surface area contributed by atoms with Crippen molar-refractivity contribution in [2.45, 2.75) is 52.4 Å². The van der Waals surface area contributed by atoms with E-state index in [9.17, 15) is 14.7 Å². The maximum Gasteiger partial charge on any atom is 0.320 e. The second-order valence-corrected chi connectivity index (χ2v) is 6.65. The fraction of sp³-hybridized carbons (Fsp3) is 0.875. The third-order valence-electron chi connectivity index (χ3n) is 5.16. The van der Waals surface area contributed by atoms with Crippen LogP contribution in [0.4, 0.5) is 4.79 Å². The van der Waals surface area contributed by atoms with Crippen molar-refractivity contribution in [1.29, 1.82) is 0 Å². The summed E-state index contributed by atoms with van der Waals surface area (Å²) in [6.45, 7) is 6.91. The van der Waals surface area contributed by atoms with E-state index in [1.54, 1.807) is 4.90 Å². The van der Waals surface area contributed by atoms with Crippen LogP contribution in [0.3, 0.4) is 0 Å². The number of carboxylic acid groups (broad SMARTS) is 1. The van der Waals surface area contributed by atoms with Gasteiger partial charge in [0.25, 0.3) is 0 Å². The molecule has 21 heavy (non-hydrogen) atoms. The lowest BCUT2D eigenvalue weighted by molar-refractivity contribution is -0.152. The van der Waals surface area contributed by atoms with Crippen LogP contribution >= 0.6 is 0 Å². The number of aliphatic carboxylic acids is 1. The SMILES string of the molecule is CCCC1(C(=O)O)CCCN(C(=O)N2CCC(CC)C2)C1. The normalized spacial score (nSPS) is 29.7. The minimum absolute atomic E-state index is 0.0485. The Kier molecular flexibility index (Phi) is 5.12. The average molecular weight is 296 g/mol. The van der Waals surface area contributed by atoms with Crippen LogP contribution in [-0.4, -0.2) is 53.1 Å². The third-order valence-corrected chi connectivity index (χ3v) is 5.16. The van der Waals surface area contributed by atoms with Crippen LogP contribution in [0.5, 0.6) is 0 Å². The van der Waals surface area contributed by atoms with E-state index in [-0.39, 0.29) is 6.03 Å². The molecular weight excluding hydrogens is 268 g/mol. The molecule has 2 aliphatic heterocycles. The zero-order chi connectivity index (χ0) is 15.5. The number of nitrogens with zero attached hydrogens (tertiary/aromatic N) is 2. The number of likely N-dealkylation sites (tertiary alicyclic amines) is 2. The summed E-state index contributed by atoms with van der Waals surface area (Å²) >= 11 is 0. The molecule has 1 N–H and O–H groups in total. The highest BCUT2D eigenvalue weighted by atomic mass is 16.4. The van der Waals surface area contributed by atoms with Gasteiger partial charge in [-0.1, -0.05) is 26.7 Å². The van der Waals surface area contributed by atoms with Gasteiger partial charge >= 0.3 is 12.0 Å². The third kappa shape index (κ3) is 3.33. The number of hydrogen-bond acceptors (Lipinski definition) is 2. The molecule has 0 saturated carbocycles. The molecule has 0 bridgehead atoms. The second kappa shape index (κ2) is 6.67. The molecule has 120 valence electrons. The summed E-state index contributed by atoms with van der Waals surface area (Å²) in [6.07, 6.45) is 5.17. The average Bonchev–Trinajstić information content (AvgIpc) is 2.96. The van der Waals surface area contributed by atoms with Gasteiger partial charge in [-0.15, -0.1) is 0 Å². The van der Waals surface area contributed by atoms with Gasteiger partial charge in [0.2, 0.25) is 0 Å². The van der Waals surface area contributed by atoms with Gasteiger partial charge in [-0.05, 0) is 31.6 Å². The molecule has 5 nitrogen and oxygen atoms in total. The molecule has 2 atom stereocenters. The summed E-state index contributed by atoms with van der Waals surface area (Å²) in [7, 11) is 0. The predicted octanol–water partition coefficient (Wildman–Crippen LogP) is 2.81. The number of hydrogen-bond donors (Lipinski definition) is 1. The molecule has 0 aromatic rings.